The minimum atomic E-state index is 0.0543. The van der Waals surface area contributed by atoms with Crippen molar-refractivity contribution in [3.05, 3.63) is 40.8 Å². The van der Waals surface area contributed by atoms with Crippen LogP contribution < -0.4 is 4.74 Å². The summed E-state index contributed by atoms with van der Waals surface area (Å²) in [6, 6.07) is 7.96. The van der Waals surface area contributed by atoms with Gasteiger partial charge in [0.05, 0.1) is 13.2 Å². The minimum Gasteiger partial charge on any atom is -0.494 e. The number of aliphatic hydroxyl groups excluding tert-OH is 1. The van der Waals surface area contributed by atoms with E-state index in [2.05, 4.69) is 18.4 Å². The van der Waals surface area contributed by atoms with Gasteiger partial charge in [0.1, 0.15) is 5.75 Å². The third kappa shape index (κ3) is 2.68. The van der Waals surface area contributed by atoms with E-state index in [9.17, 15) is 5.11 Å². The Bertz CT molecular complexity index is 503. The van der Waals surface area contributed by atoms with Crippen molar-refractivity contribution in [3.8, 4) is 16.2 Å². The molecule has 0 atom stereocenters. The number of hydrogen-bond donors (Lipinski definition) is 1. The van der Waals surface area contributed by atoms with Gasteiger partial charge in [0.2, 0.25) is 0 Å². The fourth-order valence-corrected chi connectivity index (χ4v) is 2.70. The van der Waals surface area contributed by atoms with E-state index in [1.165, 1.54) is 10.4 Å². The number of thiophene rings is 1. The molecule has 2 nitrogen and oxygen atoms in total. The highest BCUT2D eigenvalue weighted by Gasteiger charge is 2.08. The largest absolute Gasteiger partial charge is 0.494 e. The monoisotopic (exact) mass is 248 g/mol. The summed E-state index contributed by atoms with van der Waals surface area (Å²) in [6.07, 6.45) is 0. The maximum Gasteiger partial charge on any atom is 0.119 e. The third-order valence-corrected chi connectivity index (χ3v) is 3.64. The molecule has 3 heteroatoms. The molecular weight excluding hydrogens is 232 g/mol. The lowest BCUT2D eigenvalue weighted by atomic mass is 10.1. The van der Waals surface area contributed by atoms with Crippen molar-refractivity contribution in [2.75, 3.05) is 6.61 Å². The molecule has 0 aliphatic carbocycles. The first-order valence-electron chi connectivity index (χ1n) is 5.66. The second-order valence-electron chi connectivity index (χ2n) is 3.90. The van der Waals surface area contributed by atoms with Crippen molar-refractivity contribution >= 4 is 11.3 Å². The predicted molar refractivity (Wildman–Crippen MR) is 71.6 cm³/mol. The van der Waals surface area contributed by atoms with Crippen molar-refractivity contribution in [1.29, 1.82) is 0 Å². The molecule has 0 fully saturated rings. The van der Waals surface area contributed by atoms with Crippen LogP contribution in [0.4, 0.5) is 0 Å². The topological polar surface area (TPSA) is 29.5 Å². The van der Waals surface area contributed by atoms with Crippen LogP contribution in [0.15, 0.2) is 29.6 Å². The molecular formula is C14H16O2S. The van der Waals surface area contributed by atoms with Crippen LogP contribution in [0.2, 0.25) is 0 Å². The van der Waals surface area contributed by atoms with E-state index in [1.807, 2.05) is 25.1 Å². The smallest absolute Gasteiger partial charge is 0.119 e. The van der Waals surface area contributed by atoms with Crippen LogP contribution in [0.3, 0.4) is 0 Å². The molecule has 0 radical (unpaired) electrons. The summed E-state index contributed by atoms with van der Waals surface area (Å²) in [5.74, 6) is 0.853. The van der Waals surface area contributed by atoms with Crippen LogP contribution in [-0.4, -0.2) is 11.7 Å². The normalized spacial score (nSPS) is 10.5. The molecule has 0 amide bonds. The summed E-state index contributed by atoms with van der Waals surface area (Å²) in [4.78, 5) is 1.17. The third-order valence-electron chi connectivity index (χ3n) is 2.56. The van der Waals surface area contributed by atoms with Gasteiger partial charge in [-0.05, 0) is 48.6 Å². The van der Waals surface area contributed by atoms with E-state index >= 15 is 0 Å². The van der Waals surface area contributed by atoms with Crippen LogP contribution in [0.5, 0.6) is 5.75 Å². The molecule has 1 aromatic heterocycles. The Morgan fingerprint density at radius 2 is 2.12 bits per heavy atom. The number of rotatable bonds is 4. The summed E-state index contributed by atoms with van der Waals surface area (Å²) in [6.45, 7) is 4.75. The molecule has 0 saturated heterocycles. The first-order valence-corrected chi connectivity index (χ1v) is 6.54. The van der Waals surface area contributed by atoms with E-state index in [-0.39, 0.29) is 6.61 Å². The first kappa shape index (κ1) is 12.1. The van der Waals surface area contributed by atoms with E-state index < -0.39 is 0 Å². The zero-order valence-electron chi connectivity index (χ0n) is 10.1. The molecule has 0 saturated carbocycles. The second-order valence-corrected chi connectivity index (χ2v) is 4.81. The van der Waals surface area contributed by atoms with Crippen LogP contribution in [0.25, 0.3) is 10.4 Å². The summed E-state index contributed by atoms with van der Waals surface area (Å²) in [5, 5.41) is 11.5. The van der Waals surface area contributed by atoms with Gasteiger partial charge in [-0.25, -0.2) is 0 Å². The Hall–Kier alpha value is -1.32. The maximum absolute atomic E-state index is 9.37. The fourth-order valence-electron chi connectivity index (χ4n) is 1.75. The highest BCUT2D eigenvalue weighted by molar-refractivity contribution is 7.13. The van der Waals surface area contributed by atoms with Gasteiger partial charge in [0.15, 0.2) is 0 Å². The Labute approximate surface area is 105 Å². The van der Waals surface area contributed by atoms with Gasteiger partial charge < -0.3 is 9.84 Å². The molecule has 0 aliphatic heterocycles. The summed E-state index contributed by atoms with van der Waals surface area (Å²) >= 11 is 1.69. The SMILES string of the molecule is CCOc1ccc(CO)c(-c2cc(C)cs2)c1. The van der Waals surface area contributed by atoms with Crippen molar-refractivity contribution in [1.82, 2.24) is 0 Å². The standard InChI is InChI=1S/C14H16O2S/c1-3-16-12-5-4-11(8-15)13(7-12)14-6-10(2)9-17-14/h4-7,9,15H,3,8H2,1-2H3. The molecule has 0 spiro atoms. The van der Waals surface area contributed by atoms with Crippen LogP contribution >= 0.6 is 11.3 Å². The average Bonchev–Trinajstić information content (AvgIpc) is 2.76. The zero-order valence-corrected chi connectivity index (χ0v) is 10.9. The molecule has 2 rings (SSSR count). The number of hydrogen-bond acceptors (Lipinski definition) is 3. The average molecular weight is 248 g/mol. The minimum absolute atomic E-state index is 0.0543. The molecule has 0 aliphatic rings. The fraction of sp³-hybridized carbons (Fsp3) is 0.286. The van der Waals surface area contributed by atoms with Crippen molar-refractivity contribution < 1.29 is 9.84 Å². The highest BCUT2D eigenvalue weighted by Crippen LogP contribution is 2.32. The van der Waals surface area contributed by atoms with Gasteiger partial charge >= 0.3 is 0 Å². The second kappa shape index (κ2) is 5.34. The Morgan fingerprint density at radius 3 is 2.71 bits per heavy atom. The number of aryl methyl sites for hydroxylation is 1. The van der Waals surface area contributed by atoms with E-state index in [0.717, 1.165) is 16.9 Å². The summed E-state index contributed by atoms with van der Waals surface area (Å²) < 4.78 is 5.50. The molecule has 0 bridgehead atoms. The molecule has 1 N–H and O–H groups in total. The molecule has 2 aromatic rings. The molecule has 1 aromatic carbocycles. The Kier molecular flexibility index (Phi) is 3.82. The van der Waals surface area contributed by atoms with Gasteiger partial charge in [-0.3, -0.25) is 0 Å². The maximum atomic E-state index is 9.37. The lowest BCUT2D eigenvalue weighted by Crippen LogP contribution is -1.94. The van der Waals surface area contributed by atoms with E-state index in [0.29, 0.717) is 6.61 Å². The lowest BCUT2D eigenvalue weighted by molar-refractivity contribution is 0.282. The van der Waals surface area contributed by atoms with Crippen LogP contribution in [0.1, 0.15) is 18.1 Å². The highest BCUT2D eigenvalue weighted by atomic mass is 32.1. The molecule has 1 heterocycles. The van der Waals surface area contributed by atoms with Crippen molar-refractivity contribution in [2.24, 2.45) is 0 Å². The zero-order chi connectivity index (χ0) is 12.3. The number of aliphatic hydroxyl groups is 1. The quantitative estimate of drug-likeness (QED) is 0.895. The number of ether oxygens (including phenoxy) is 1. The van der Waals surface area contributed by atoms with E-state index in [1.54, 1.807) is 11.3 Å². The van der Waals surface area contributed by atoms with Crippen LogP contribution in [0, 0.1) is 6.92 Å². The van der Waals surface area contributed by atoms with E-state index in [4.69, 9.17) is 4.74 Å². The predicted octanol–water partition coefficient (Wildman–Crippen LogP) is 3.61. The lowest BCUT2D eigenvalue weighted by Gasteiger charge is -2.09. The molecule has 90 valence electrons. The van der Waals surface area contributed by atoms with Crippen molar-refractivity contribution in [3.63, 3.8) is 0 Å². The van der Waals surface area contributed by atoms with Gasteiger partial charge in [-0.15, -0.1) is 11.3 Å². The first-order chi connectivity index (χ1) is 8.24. The van der Waals surface area contributed by atoms with Crippen LogP contribution in [-0.2, 0) is 6.61 Å². The van der Waals surface area contributed by atoms with Gasteiger partial charge in [0, 0.05) is 10.4 Å². The van der Waals surface area contributed by atoms with Gasteiger partial charge in [-0.2, -0.15) is 0 Å². The summed E-state index contributed by atoms with van der Waals surface area (Å²) in [7, 11) is 0. The number of benzene rings is 1. The van der Waals surface area contributed by atoms with Crippen molar-refractivity contribution in [2.45, 2.75) is 20.5 Å². The van der Waals surface area contributed by atoms with Gasteiger partial charge in [-0.1, -0.05) is 6.07 Å². The molecule has 17 heavy (non-hydrogen) atoms. The molecule has 0 unspecified atom stereocenters. The van der Waals surface area contributed by atoms with Gasteiger partial charge in [0.25, 0.3) is 0 Å². The Morgan fingerprint density at radius 1 is 1.29 bits per heavy atom. The Balaban J connectivity index is 2.45. The summed E-state index contributed by atoms with van der Waals surface area (Å²) in [5.41, 5.74) is 3.25.